The predicted octanol–water partition coefficient (Wildman–Crippen LogP) is 3.96. The Balaban J connectivity index is 1.39. The maximum absolute atomic E-state index is 12.3. The first-order valence-electron chi connectivity index (χ1n) is 7.90. The van der Waals surface area contributed by atoms with Gasteiger partial charge in [0.2, 0.25) is 0 Å². The Morgan fingerprint density at radius 1 is 1.24 bits per heavy atom. The molecule has 1 aromatic carbocycles. The van der Waals surface area contributed by atoms with Crippen LogP contribution in [-0.2, 0) is 6.54 Å². The number of fused-ring (bicyclic) bond motifs is 1. The summed E-state index contributed by atoms with van der Waals surface area (Å²) in [5, 5.41) is 9.63. The fourth-order valence-electron chi connectivity index (χ4n) is 2.65. The van der Waals surface area contributed by atoms with Gasteiger partial charge in [0.25, 0.3) is 5.91 Å². The number of nitrogens with zero attached hydrogens (tertiary/aromatic N) is 3. The molecule has 126 valence electrons. The van der Waals surface area contributed by atoms with Gasteiger partial charge in [0.1, 0.15) is 5.69 Å². The second-order valence-electron chi connectivity index (χ2n) is 5.66. The third kappa shape index (κ3) is 3.33. The molecule has 0 unspecified atom stereocenters. The van der Waals surface area contributed by atoms with Crippen molar-refractivity contribution in [2.75, 3.05) is 6.54 Å². The number of aromatic nitrogens is 3. The van der Waals surface area contributed by atoms with Crippen molar-refractivity contribution in [3.63, 3.8) is 0 Å². The fourth-order valence-corrected chi connectivity index (χ4v) is 4.05. The molecule has 0 aliphatic rings. The summed E-state index contributed by atoms with van der Waals surface area (Å²) in [6.07, 6.45) is 0. The van der Waals surface area contributed by atoms with Gasteiger partial charge in [0.05, 0.1) is 27.1 Å². The van der Waals surface area contributed by atoms with Gasteiger partial charge in [-0.2, -0.15) is 5.10 Å². The highest BCUT2D eigenvalue weighted by atomic mass is 32.1. The molecule has 3 aromatic heterocycles. The number of nitrogens with one attached hydrogen (secondary N) is 1. The Morgan fingerprint density at radius 2 is 2.16 bits per heavy atom. The maximum Gasteiger partial charge on any atom is 0.251 e. The number of hydrogen-bond acceptors (Lipinski definition) is 5. The third-order valence-electron chi connectivity index (χ3n) is 3.96. The van der Waals surface area contributed by atoms with Gasteiger partial charge in [0, 0.05) is 17.8 Å². The number of benzene rings is 1. The summed E-state index contributed by atoms with van der Waals surface area (Å²) >= 11 is 3.21. The molecule has 7 heteroatoms. The molecule has 3 heterocycles. The van der Waals surface area contributed by atoms with Crippen molar-refractivity contribution in [3.05, 3.63) is 58.5 Å². The smallest absolute Gasteiger partial charge is 0.251 e. The van der Waals surface area contributed by atoms with Crippen LogP contribution in [0.1, 0.15) is 16.1 Å². The Hall–Kier alpha value is -2.51. The standard InChI is InChI=1S/C18H16N4OS2/c1-12-9-15(16-3-2-8-24-16)21-22(12)7-6-19-18(23)13-4-5-14-17(10-13)25-11-20-14/h2-5,8-11H,6-7H2,1H3,(H,19,23). The van der Waals surface area contributed by atoms with Crippen LogP contribution in [-0.4, -0.2) is 27.2 Å². The molecule has 0 atom stereocenters. The molecule has 0 spiro atoms. The Bertz CT molecular complexity index is 1020. The molecule has 25 heavy (non-hydrogen) atoms. The first kappa shape index (κ1) is 16.0. The van der Waals surface area contributed by atoms with Crippen molar-refractivity contribution in [1.29, 1.82) is 0 Å². The maximum atomic E-state index is 12.3. The van der Waals surface area contributed by atoms with Crippen LogP contribution in [0.5, 0.6) is 0 Å². The molecule has 0 saturated heterocycles. The summed E-state index contributed by atoms with van der Waals surface area (Å²) in [6, 6.07) is 11.7. The predicted molar refractivity (Wildman–Crippen MR) is 102 cm³/mol. The zero-order chi connectivity index (χ0) is 17.2. The molecular weight excluding hydrogens is 352 g/mol. The van der Waals surface area contributed by atoms with E-state index in [2.05, 4.69) is 27.5 Å². The van der Waals surface area contributed by atoms with E-state index < -0.39 is 0 Å². The van der Waals surface area contributed by atoms with Crippen molar-refractivity contribution in [2.24, 2.45) is 0 Å². The van der Waals surface area contributed by atoms with Crippen molar-refractivity contribution in [2.45, 2.75) is 13.5 Å². The van der Waals surface area contributed by atoms with Crippen molar-refractivity contribution in [3.8, 4) is 10.6 Å². The average molecular weight is 368 g/mol. The summed E-state index contributed by atoms with van der Waals surface area (Å²) in [5.41, 5.74) is 5.44. The minimum Gasteiger partial charge on any atom is -0.350 e. The minimum absolute atomic E-state index is 0.0708. The number of thiophene rings is 1. The normalized spacial score (nSPS) is 11.1. The second-order valence-corrected chi connectivity index (χ2v) is 7.50. The van der Waals surface area contributed by atoms with Crippen molar-refractivity contribution in [1.82, 2.24) is 20.1 Å². The van der Waals surface area contributed by atoms with Gasteiger partial charge >= 0.3 is 0 Å². The van der Waals surface area contributed by atoms with E-state index in [1.54, 1.807) is 16.8 Å². The summed E-state index contributed by atoms with van der Waals surface area (Å²) in [5.74, 6) is -0.0708. The first-order chi connectivity index (χ1) is 12.2. The molecule has 0 aliphatic heterocycles. The molecule has 0 aliphatic carbocycles. The van der Waals surface area contributed by atoms with Crippen LogP contribution in [0, 0.1) is 6.92 Å². The minimum atomic E-state index is -0.0708. The second kappa shape index (κ2) is 6.78. The highest BCUT2D eigenvalue weighted by Gasteiger charge is 2.09. The molecule has 1 N–H and O–H groups in total. The SMILES string of the molecule is Cc1cc(-c2cccs2)nn1CCNC(=O)c1ccc2ncsc2c1. The van der Waals surface area contributed by atoms with Gasteiger partial charge in [0.15, 0.2) is 0 Å². The zero-order valence-corrected chi connectivity index (χ0v) is 15.2. The highest BCUT2D eigenvalue weighted by Crippen LogP contribution is 2.23. The third-order valence-corrected chi connectivity index (χ3v) is 5.64. The van der Waals surface area contributed by atoms with Gasteiger partial charge in [-0.25, -0.2) is 4.98 Å². The van der Waals surface area contributed by atoms with Crippen molar-refractivity contribution >= 4 is 38.8 Å². The van der Waals surface area contributed by atoms with Gasteiger partial charge in [-0.3, -0.25) is 9.48 Å². The van der Waals surface area contributed by atoms with E-state index in [1.165, 1.54) is 11.3 Å². The van der Waals surface area contributed by atoms with E-state index in [0.717, 1.165) is 26.5 Å². The van der Waals surface area contributed by atoms with Gasteiger partial charge < -0.3 is 5.32 Å². The summed E-state index contributed by atoms with van der Waals surface area (Å²) in [4.78, 5) is 17.7. The van der Waals surface area contributed by atoms with Gasteiger partial charge in [-0.1, -0.05) is 6.07 Å². The lowest BCUT2D eigenvalue weighted by atomic mass is 10.2. The molecule has 0 saturated carbocycles. The van der Waals surface area contributed by atoms with Crippen molar-refractivity contribution < 1.29 is 4.79 Å². The van der Waals surface area contributed by atoms with E-state index in [4.69, 9.17) is 0 Å². The van der Waals surface area contributed by atoms with Crippen LogP contribution < -0.4 is 5.32 Å². The molecule has 4 aromatic rings. The largest absolute Gasteiger partial charge is 0.350 e. The number of aryl methyl sites for hydroxylation is 1. The molecule has 0 bridgehead atoms. The topological polar surface area (TPSA) is 59.8 Å². The van der Waals surface area contributed by atoms with Crippen LogP contribution in [0.25, 0.3) is 20.8 Å². The van der Waals surface area contributed by atoms with Gasteiger partial charge in [-0.15, -0.1) is 22.7 Å². The van der Waals surface area contributed by atoms with E-state index in [-0.39, 0.29) is 5.91 Å². The number of carbonyl (C=O) groups excluding carboxylic acids is 1. The van der Waals surface area contributed by atoms with E-state index in [1.807, 2.05) is 41.3 Å². The van der Waals surface area contributed by atoms with E-state index in [9.17, 15) is 4.79 Å². The molecule has 0 radical (unpaired) electrons. The lowest BCUT2D eigenvalue weighted by Gasteiger charge is -2.07. The fraction of sp³-hybridized carbons (Fsp3) is 0.167. The summed E-state index contributed by atoms with van der Waals surface area (Å²) < 4.78 is 2.96. The first-order valence-corrected chi connectivity index (χ1v) is 9.66. The number of rotatable bonds is 5. The van der Waals surface area contributed by atoms with Gasteiger partial charge in [-0.05, 0) is 42.6 Å². The van der Waals surface area contributed by atoms with Crippen LogP contribution >= 0.6 is 22.7 Å². The Labute approximate surface area is 153 Å². The monoisotopic (exact) mass is 368 g/mol. The van der Waals surface area contributed by atoms with Crippen LogP contribution in [0.2, 0.25) is 0 Å². The number of carbonyl (C=O) groups is 1. The van der Waals surface area contributed by atoms with Crippen LogP contribution in [0.4, 0.5) is 0 Å². The zero-order valence-electron chi connectivity index (χ0n) is 13.6. The quantitative estimate of drug-likeness (QED) is 0.580. The van der Waals surface area contributed by atoms with Crippen LogP contribution in [0.3, 0.4) is 0 Å². The van der Waals surface area contributed by atoms with E-state index in [0.29, 0.717) is 18.7 Å². The summed E-state index contributed by atoms with van der Waals surface area (Å²) in [6.45, 7) is 3.21. The lowest BCUT2D eigenvalue weighted by Crippen LogP contribution is -2.27. The molecule has 4 rings (SSSR count). The van der Waals surface area contributed by atoms with Crippen LogP contribution in [0.15, 0.2) is 47.3 Å². The molecule has 1 amide bonds. The molecule has 0 fully saturated rings. The summed E-state index contributed by atoms with van der Waals surface area (Å²) in [7, 11) is 0. The number of amides is 1. The lowest BCUT2D eigenvalue weighted by molar-refractivity contribution is 0.0952. The molecule has 5 nitrogen and oxygen atoms in total. The molecular formula is C18H16N4OS2. The Morgan fingerprint density at radius 3 is 3.00 bits per heavy atom. The number of thiazole rings is 1. The number of hydrogen-bond donors (Lipinski definition) is 1. The van der Waals surface area contributed by atoms with E-state index >= 15 is 0 Å². The average Bonchev–Trinajstić information content (AvgIpc) is 3.35. The Kier molecular flexibility index (Phi) is 4.33. The highest BCUT2D eigenvalue weighted by molar-refractivity contribution is 7.16.